The van der Waals surface area contributed by atoms with Crippen LogP contribution in [0.25, 0.3) is 0 Å². The van der Waals surface area contributed by atoms with Crippen molar-refractivity contribution in [1.29, 1.82) is 0 Å². The number of halogens is 1. The lowest BCUT2D eigenvalue weighted by Gasteiger charge is -2.27. The number of amides is 4. The zero-order chi connectivity index (χ0) is 28.9. The normalized spacial score (nSPS) is 18.6. The van der Waals surface area contributed by atoms with Crippen LogP contribution in [0, 0.1) is 10.1 Å². The van der Waals surface area contributed by atoms with Gasteiger partial charge in [-0.3, -0.25) is 19.7 Å². The summed E-state index contributed by atoms with van der Waals surface area (Å²) in [5.74, 6) is -0.172. The van der Waals surface area contributed by atoms with Gasteiger partial charge in [-0.1, -0.05) is 11.6 Å². The minimum atomic E-state index is -0.870. The van der Waals surface area contributed by atoms with Crippen molar-refractivity contribution in [3.63, 3.8) is 0 Å². The number of non-ortho nitro benzene ring substituents is 1. The Labute approximate surface area is 239 Å². The molecule has 0 spiro atoms. The molecule has 4 amide bonds. The van der Waals surface area contributed by atoms with Crippen molar-refractivity contribution < 1.29 is 28.8 Å². The Hall–Kier alpha value is -4.68. The lowest BCUT2D eigenvalue weighted by atomic mass is 10.1. The maximum atomic E-state index is 13.4. The minimum Gasteiger partial charge on any atom is -0.488 e. The first kappa shape index (κ1) is 27.9. The summed E-state index contributed by atoms with van der Waals surface area (Å²) in [6, 6.07) is 17.7. The van der Waals surface area contributed by atoms with Crippen LogP contribution >= 0.6 is 11.6 Å². The Balaban J connectivity index is 1.30. The zero-order valence-corrected chi connectivity index (χ0v) is 22.5. The maximum Gasteiger partial charge on any atom is 0.322 e. The number of benzene rings is 3. The summed E-state index contributed by atoms with van der Waals surface area (Å²) in [5.41, 5.74) is 1.62. The van der Waals surface area contributed by atoms with Crippen LogP contribution in [0.1, 0.15) is 6.42 Å². The van der Waals surface area contributed by atoms with E-state index in [1.807, 2.05) is 0 Å². The molecule has 212 valence electrons. The molecule has 5 rings (SSSR count). The Kier molecular flexibility index (Phi) is 8.31. The molecular weight excluding hydrogens is 554 g/mol. The van der Waals surface area contributed by atoms with E-state index in [0.29, 0.717) is 41.0 Å². The second kappa shape index (κ2) is 12.2. The van der Waals surface area contributed by atoms with Crippen molar-refractivity contribution in [2.24, 2.45) is 0 Å². The smallest absolute Gasteiger partial charge is 0.322 e. The molecule has 3 aromatic rings. The highest BCUT2D eigenvalue weighted by Crippen LogP contribution is 2.27. The second-order valence-electron chi connectivity index (χ2n) is 9.47. The average molecular weight is 580 g/mol. The highest BCUT2D eigenvalue weighted by atomic mass is 35.5. The molecule has 2 heterocycles. The van der Waals surface area contributed by atoms with E-state index in [1.165, 1.54) is 29.2 Å². The summed E-state index contributed by atoms with van der Waals surface area (Å²) in [6.45, 7) is 1.02. The number of rotatable bonds is 7. The van der Waals surface area contributed by atoms with E-state index in [1.54, 1.807) is 53.4 Å². The van der Waals surface area contributed by atoms with Crippen molar-refractivity contribution in [1.82, 2.24) is 4.90 Å². The quantitative estimate of drug-likeness (QED) is 0.314. The van der Waals surface area contributed by atoms with Crippen molar-refractivity contribution >= 4 is 52.2 Å². The van der Waals surface area contributed by atoms with Gasteiger partial charge in [-0.15, -0.1) is 0 Å². The monoisotopic (exact) mass is 579 g/mol. The van der Waals surface area contributed by atoms with Crippen LogP contribution in [0.15, 0.2) is 72.8 Å². The van der Waals surface area contributed by atoms with E-state index >= 15 is 0 Å². The lowest BCUT2D eigenvalue weighted by molar-refractivity contribution is -0.384. The van der Waals surface area contributed by atoms with Crippen molar-refractivity contribution in [3.8, 4) is 5.75 Å². The van der Waals surface area contributed by atoms with Gasteiger partial charge >= 0.3 is 6.03 Å². The van der Waals surface area contributed by atoms with E-state index in [9.17, 15) is 24.5 Å². The number of ether oxygens (including phenoxy) is 2. The molecular formula is C28H26ClN5O7. The van der Waals surface area contributed by atoms with Crippen LogP contribution in [0.5, 0.6) is 5.75 Å². The van der Waals surface area contributed by atoms with Crippen LogP contribution in [0.3, 0.4) is 0 Å². The van der Waals surface area contributed by atoms with Gasteiger partial charge in [-0.05, 0) is 60.7 Å². The lowest BCUT2D eigenvalue weighted by Crippen LogP contribution is -2.45. The van der Waals surface area contributed by atoms with Crippen LogP contribution in [0.2, 0.25) is 5.02 Å². The number of urea groups is 1. The highest BCUT2D eigenvalue weighted by molar-refractivity contribution is 6.30. The fourth-order valence-electron chi connectivity index (χ4n) is 4.66. The highest BCUT2D eigenvalue weighted by Gasteiger charge is 2.41. The topological polar surface area (TPSA) is 143 Å². The number of nitrogens with one attached hydrogen (secondary N) is 2. The standard InChI is InChI=1S/C28H26ClN5O7/c29-18-1-3-20(4-2-18)31-28(37)33-16-24(41-23-11-9-22(10-12-23)34(38)39)15-25(33)27(36)30-19-5-7-21(8-6-19)32-13-14-40-17-26(32)35/h1-12,24-25H,13-17H2,(H,30,36)(H,31,37)/t24-,25+/m0/s1. The molecule has 2 saturated heterocycles. The van der Waals surface area contributed by atoms with Gasteiger partial charge in [0.25, 0.3) is 11.6 Å². The minimum absolute atomic E-state index is 0.0250. The molecule has 0 aromatic heterocycles. The van der Waals surface area contributed by atoms with Gasteiger partial charge in [0.15, 0.2) is 0 Å². The number of carbonyl (C=O) groups excluding carboxylic acids is 3. The van der Waals surface area contributed by atoms with E-state index in [4.69, 9.17) is 21.1 Å². The summed E-state index contributed by atoms with van der Waals surface area (Å²) in [5, 5.41) is 17.1. The fraction of sp³-hybridized carbons (Fsp3) is 0.250. The number of nitro benzene ring substituents is 1. The number of nitro groups is 1. The summed E-state index contributed by atoms with van der Waals surface area (Å²) >= 11 is 5.95. The molecule has 41 heavy (non-hydrogen) atoms. The third kappa shape index (κ3) is 6.73. The fourth-order valence-corrected chi connectivity index (χ4v) is 4.79. The van der Waals surface area contributed by atoms with E-state index in [-0.39, 0.29) is 31.2 Å². The number of hydrogen-bond acceptors (Lipinski definition) is 7. The van der Waals surface area contributed by atoms with Gasteiger partial charge < -0.3 is 29.9 Å². The first-order chi connectivity index (χ1) is 19.8. The van der Waals surface area contributed by atoms with Gasteiger partial charge in [-0.25, -0.2) is 4.79 Å². The Morgan fingerprint density at radius 2 is 1.63 bits per heavy atom. The molecule has 2 aliphatic rings. The van der Waals surface area contributed by atoms with Crippen LogP contribution in [0.4, 0.5) is 27.5 Å². The number of nitrogens with zero attached hydrogens (tertiary/aromatic N) is 3. The van der Waals surface area contributed by atoms with E-state index in [2.05, 4.69) is 10.6 Å². The van der Waals surface area contributed by atoms with Gasteiger partial charge in [0.2, 0.25) is 5.91 Å². The number of morpholine rings is 1. The van der Waals surface area contributed by atoms with Crippen molar-refractivity contribution in [2.75, 3.05) is 41.8 Å². The SMILES string of the molecule is O=C(Nc1ccc(N2CCOCC2=O)cc1)[C@H]1C[C@H](Oc2ccc([N+](=O)[O-])cc2)CN1C(=O)Nc1ccc(Cl)cc1. The summed E-state index contributed by atoms with van der Waals surface area (Å²) in [7, 11) is 0. The Morgan fingerprint density at radius 1 is 0.976 bits per heavy atom. The molecule has 0 bridgehead atoms. The molecule has 0 aliphatic carbocycles. The van der Waals surface area contributed by atoms with Gasteiger partial charge in [0, 0.05) is 47.2 Å². The van der Waals surface area contributed by atoms with Crippen molar-refractivity contribution in [3.05, 3.63) is 87.9 Å². The molecule has 0 unspecified atom stereocenters. The molecule has 3 aromatic carbocycles. The Morgan fingerprint density at radius 3 is 2.29 bits per heavy atom. The molecule has 0 saturated carbocycles. The third-order valence-electron chi connectivity index (χ3n) is 6.70. The molecule has 13 heteroatoms. The number of carbonyl (C=O) groups is 3. The van der Waals surface area contributed by atoms with Crippen molar-refractivity contribution in [2.45, 2.75) is 18.6 Å². The predicted octanol–water partition coefficient (Wildman–Crippen LogP) is 4.30. The first-order valence-electron chi connectivity index (χ1n) is 12.8. The molecule has 2 N–H and O–H groups in total. The van der Waals surface area contributed by atoms with E-state index < -0.39 is 29.0 Å². The van der Waals surface area contributed by atoms with E-state index in [0.717, 1.165) is 0 Å². The molecule has 2 atom stereocenters. The summed E-state index contributed by atoms with van der Waals surface area (Å²) < 4.78 is 11.2. The number of hydrogen-bond donors (Lipinski definition) is 2. The molecule has 2 aliphatic heterocycles. The third-order valence-corrected chi connectivity index (χ3v) is 6.96. The molecule has 0 radical (unpaired) electrons. The van der Waals surface area contributed by atoms with Gasteiger partial charge in [0.1, 0.15) is 24.5 Å². The average Bonchev–Trinajstić information content (AvgIpc) is 3.39. The van der Waals surface area contributed by atoms with Crippen LogP contribution in [-0.2, 0) is 14.3 Å². The van der Waals surface area contributed by atoms with Crippen LogP contribution in [-0.4, -0.2) is 66.1 Å². The zero-order valence-electron chi connectivity index (χ0n) is 21.7. The van der Waals surface area contributed by atoms with Crippen LogP contribution < -0.4 is 20.3 Å². The first-order valence-corrected chi connectivity index (χ1v) is 13.2. The number of anilines is 3. The molecule has 2 fully saturated rings. The Bertz CT molecular complexity index is 1430. The maximum absolute atomic E-state index is 13.4. The summed E-state index contributed by atoms with van der Waals surface area (Å²) in [6.07, 6.45) is -0.352. The number of likely N-dealkylation sites (tertiary alicyclic amines) is 1. The van der Waals surface area contributed by atoms with Gasteiger partial charge in [-0.2, -0.15) is 0 Å². The second-order valence-corrected chi connectivity index (χ2v) is 9.90. The van der Waals surface area contributed by atoms with Gasteiger partial charge in [0.05, 0.1) is 18.1 Å². The predicted molar refractivity (Wildman–Crippen MR) is 151 cm³/mol. The largest absolute Gasteiger partial charge is 0.488 e. The molecule has 12 nitrogen and oxygen atoms in total. The summed E-state index contributed by atoms with van der Waals surface area (Å²) in [4.78, 5) is 52.3.